The van der Waals surface area contributed by atoms with Crippen LogP contribution in [-0.4, -0.2) is 49.8 Å². The van der Waals surface area contributed by atoms with Gasteiger partial charge in [0.2, 0.25) is 0 Å². The number of aliphatic hydroxyl groups excluding tert-OH is 1. The highest BCUT2D eigenvalue weighted by Crippen LogP contribution is 2.45. The zero-order valence-corrected chi connectivity index (χ0v) is 19.7. The minimum atomic E-state index is -0.450. The molecule has 34 heavy (non-hydrogen) atoms. The molecule has 2 aromatic heterocycles. The summed E-state index contributed by atoms with van der Waals surface area (Å²) in [5.74, 6) is 0.728. The van der Waals surface area contributed by atoms with E-state index in [0.717, 1.165) is 24.2 Å². The van der Waals surface area contributed by atoms with E-state index in [4.69, 9.17) is 0 Å². The van der Waals surface area contributed by atoms with Gasteiger partial charge in [-0.25, -0.2) is 14.8 Å². The number of nitrogens with one attached hydrogen (secondary N) is 1. The number of imidazole rings is 1. The lowest BCUT2D eigenvalue weighted by molar-refractivity contribution is 0.0563. The summed E-state index contributed by atoms with van der Waals surface area (Å²) in [6.45, 7) is 5.30. The molecule has 2 unspecified atom stereocenters. The summed E-state index contributed by atoms with van der Waals surface area (Å²) in [6.07, 6.45) is 5.53. The van der Waals surface area contributed by atoms with Crippen LogP contribution in [0.4, 0.5) is 10.6 Å². The van der Waals surface area contributed by atoms with E-state index in [0.29, 0.717) is 25.3 Å². The minimum absolute atomic E-state index is 0.0589. The molecule has 0 aliphatic carbocycles. The van der Waals surface area contributed by atoms with Gasteiger partial charge in [-0.1, -0.05) is 36.4 Å². The van der Waals surface area contributed by atoms with Crippen molar-refractivity contribution in [3.8, 4) is 0 Å². The van der Waals surface area contributed by atoms with Gasteiger partial charge in [-0.15, -0.1) is 0 Å². The molecule has 2 aliphatic heterocycles. The highest BCUT2D eigenvalue weighted by atomic mass is 16.3. The topological polar surface area (TPSA) is 83.3 Å². The number of urea groups is 1. The van der Waals surface area contributed by atoms with E-state index < -0.39 is 6.10 Å². The van der Waals surface area contributed by atoms with Crippen LogP contribution in [0.2, 0.25) is 0 Å². The number of anilines is 1. The van der Waals surface area contributed by atoms with E-state index in [9.17, 15) is 9.90 Å². The van der Waals surface area contributed by atoms with Gasteiger partial charge in [0.15, 0.2) is 0 Å². The van der Waals surface area contributed by atoms with Crippen LogP contribution in [0.5, 0.6) is 0 Å². The van der Waals surface area contributed by atoms with Crippen molar-refractivity contribution < 1.29 is 9.90 Å². The Labute approximate surface area is 200 Å². The number of rotatable bonds is 5. The molecule has 1 fully saturated rings. The van der Waals surface area contributed by atoms with Gasteiger partial charge in [0, 0.05) is 18.8 Å². The summed E-state index contributed by atoms with van der Waals surface area (Å²) < 4.78 is 2.19. The summed E-state index contributed by atoms with van der Waals surface area (Å²) >= 11 is 0. The number of hydrogen-bond donors (Lipinski definition) is 2. The van der Waals surface area contributed by atoms with Crippen LogP contribution in [0.3, 0.4) is 0 Å². The van der Waals surface area contributed by atoms with Crippen molar-refractivity contribution in [2.75, 3.05) is 18.4 Å². The third-order valence-electron chi connectivity index (χ3n) is 7.17. The molecule has 1 saturated heterocycles. The van der Waals surface area contributed by atoms with Gasteiger partial charge < -0.3 is 14.6 Å². The fraction of sp³-hybridized carbons (Fsp3) is 0.370. The van der Waals surface area contributed by atoms with Crippen LogP contribution < -0.4 is 5.32 Å². The van der Waals surface area contributed by atoms with E-state index in [-0.39, 0.29) is 18.0 Å². The molecule has 3 aromatic rings. The van der Waals surface area contributed by atoms with Crippen LogP contribution in [0.25, 0.3) is 11.1 Å². The average molecular weight is 458 g/mol. The van der Waals surface area contributed by atoms with Gasteiger partial charge in [-0.3, -0.25) is 5.32 Å². The number of allylic oxidation sites excluding steroid dienone is 2. The van der Waals surface area contributed by atoms with Crippen LogP contribution >= 0.6 is 0 Å². The number of amides is 2. The number of likely N-dealkylation sites (tertiary alicyclic amines) is 1. The number of aromatic nitrogens is 3. The normalized spacial score (nSPS) is 19.3. The first-order valence-corrected chi connectivity index (χ1v) is 12.0. The number of nitrogens with zero attached hydrogens (tertiary/aromatic N) is 4. The van der Waals surface area contributed by atoms with E-state index in [2.05, 4.69) is 51.0 Å². The summed E-state index contributed by atoms with van der Waals surface area (Å²) in [5.41, 5.74) is 5.66. The second kappa shape index (κ2) is 9.43. The molecule has 0 bridgehead atoms. The van der Waals surface area contributed by atoms with Crippen LogP contribution in [0, 0.1) is 12.8 Å². The van der Waals surface area contributed by atoms with E-state index in [1.807, 2.05) is 42.5 Å². The Balaban J connectivity index is 1.23. The van der Waals surface area contributed by atoms with Crippen LogP contribution in [0.1, 0.15) is 49.2 Å². The van der Waals surface area contributed by atoms with Crippen LogP contribution in [-0.2, 0) is 0 Å². The molecule has 1 aromatic carbocycles. The lowest BCUT2D eigenvalue weighted by Crippen LogP contribution is -2.43. The fourth-order valence-corrected chi connectivity index (χ4v) is 5.34. The quantitative estimate of drug-likeness (QED) is 0.578. The van der Waals surface area contributed by atoms with Crippen molar-refractivity contribution >= 4 is 23.0 Å². The van der Waals surface area contributed by atoms with Gasteiger partial charge in [-0.2, -0.15) is 0 Å². The molecular weight excluding hydrogens is 426 g/mol. The number of carbonyl (C=O) groups is 1. The first-order chi connectivity index (χ1) is 16.5. The molecule has 4 heterocycles. The molecule has 2 amide bonds. The number of benzene rings is 1. The molecule has 2 aliphatic rings. The van der Waals surface area contributed by atoms with Crippen molar-refractivity contribution in [1.82, 2.24) is 19.4 Å². The van der Waals surface area contributed by atoms with Crippen molar-refractivity contribution in [3.63, 3.8) is 0 Å². The largest absolute Gasteiger partial charge is 0.393 e. The van der Waals surface area contributed by atoms with Crippen molar-refractivity contribution in [3.05, 3.63) is 78.0 Å². The number of aryl methyl sites for hydroxylation is 1. The lowest BCUT2D eigenvalue weighted by atomic mass is 9.85. The number of fused-ring (bicyclic) bond motifs is 1. The van der Waals surface area contributed by atoms with Gasteiger partial charge in [0.1, 0.15) is 5.82 Å². The third-order valence-corrected chi connectivity index (χ3v) is 7.17. The zero-order valence-electron chi connectivity index (χ0n) is 19.7. The maximum Gasteiger partial charge on any atom is 0.323 e. The zero-order chi connectivity index (χ0) is 23.7. The van der Waals surface area contributed by atoms with E-state index in [1.165, 1.54) is 16.7 Å². The Morgan fingerprint density at radius 3 is 2.62 bits per heavy atom. The second-order valence-electron chi connectivity index (χ2n) is 9.33. The van der Waals surface area contributed by atoms with Crippen molar-refractivity contribution in [1.29, 1.82) is 0 Å². The van der Waals surface area contributed by atoms with Gasteiger partial charge in [0.05, 0.1) is 30.4 Å². The maximum atomic E-state index is 12.7. The molecular formula is C27H31N5O2. The number of pyridine rings is 1. The molecule has 7 nitrogen and oxygen atoms in total. The molecule has 2 N–H and O–H groups in total. The number of carbonyl (C=O) groups excluding carboxylic acids is 1. The Bertz CT molecular complexity index is 1190. The first-order valence-electron chi connectivity index (χ1n) is 12.0. The Hall–Kier alpha value is -3.45. The number of piperidine rings is 1. The molecule has 7 heteroatoms. The summed E-state index contributed by atoms with van der Waals surface area (Å²) in [6, 6.07) is 15.9. The molecule has 0 radical (unpaired) electrons. The standard InChI is InChI=1S/C27H31N5O2/c1-18-7-6-10-25(29-18)30-27(34)31-13-11-20(12-14-31)24(33)15-22-26(21-8-4-3-5-9-21)19(2)23-16-28-17-32(22)23/h3-10,16-17,20,22,24,33H,11-15H2,1-2H3,(H,29,30,34). The Morgan fingerprint density at radius 2 is 1.88 bits per heavy atom. The SMILES string of the molecule is CC1=C(c2ccccc2)C(CC(O)C2CCN(C(=O)Nc3cccc(C)n3)CC2)n2cncc21. The Kier molecular flexibility index (Phi) is 6.20. The van der Waals surface area contributed by atoms with Crippen molar-refractivity contribution in [2.45, 2.75) is 45.3 Å². The molecule has 0 spiro atoms. The average Bonchev–Trinajstić information content (AvgIpc) is 3.43. The lowest BCUT2D eigenvalue weighted by Gasteiger charge is -2.35. The fourth-order valence-electron chi connectivity index (χ4n) is 5.34. The smallest absolute Gasteiger partial charge is 0.323 e. The van der Waals surface area contributed by atoms with E-state index in [1.54, 1.807) is 6.07 Å². The highest BCUT2D eigenvalue weighted by molar-refractivity contribution is 5.93. The first kappa shape index (κ1) is 22.3. The predicted molar refractivity (Wildman–Crippen MR) is 133 cm³/mol. The molecule has 176 valence electrons. The maximum absolute atomic E-state index is 12.7. The van der Waals surface area contributed by atoms with Crippen molar-refractivity contribution in [2.24, 2.45) is 5.92 Å². The minimum Gasteiger partial charge on any atom is -0.393 e. The van der Waals surface area contributed by atoms with Gasteiger partial charge in [0.25, 0.3) is 0 Å². The van der Waals surface area contributed by atoms with Crippen LogP contribution in [0.15, 0.2) is 61.1 Å². The van der Waals surface area contributed by atoms with Gasteiger partial charge >= 0.3 is 6.03 Å². The third kappa shape index (κ3) is 4.35. The highest BCUT2D eigenvalue weighted by Gasteiger charge is 2.35. The van der Waals surface area contributed by atoms with Gasteiger partial charge in [-0.05, 0) is 67.9 Å². The predicted octanol–water partition coefficient (Wildman–Crippen LogP) is 4.77. The second-order valence-corrected chi connectivity index (χ2v) is 9.33. The number of aliphatic hydroxyl groups is 1. The molecule has 2 atom stereocenters. The molecule has 0 saturated carbocycles. The monoisotopic (exact) mass is 457 g/mol. The summed E-state index contributed by atoms with van der Waals surface area (Å²) in [7, 11) is 0. The number of hydrogen-bond acceptors (Lipinski definition) is 4. The Morgan fingerprint density at radius 1 is 1.12 bits per heavy atom. The summed E-state index contributed by atoms with van der Waals surface area (Å²) in [4.78, 5) is 23.2. The summed E-state index contributed by atoms with van der Waals surface area (Å²) in [5, 5.41) is 14.1. The van der Waals surface area contributed by atoms with E-state index >= 15 is 0 Å². The molecule has 5 rings (SSSR count).